The summed E-state index contributed by atoms with van der Waals surface area (Å²) in [5.41, 5.74) is 0. The van der Waals surface area contributed by atoms with Gasteiger partial charge in [0, 0.05) is 0 Å². The highest BCUT2D eigenvalue weighted by Gasteiger charge is 2.17. The molecule has 0 aliphatic carbocycles. The summed E-state index contributed by atoms with van der Waals surface area (Å²) in [6.07, 6.45) is 3.29. The SMILES string of the molecule is CC1CCC(N(C)C)NC1. The van der Waals surface area contributed by atoms with Gasteiger partial charge >= 0.3 is 0 Å². The zero-order valence-electron chi connectivity index (χ0n) is 7.22. The third-order valence-electron chi connectivity index (χ3n) is 2.26. The Bertz CT molecular complexity index is 93.4. The summed E-state index contributed by atoms with van der Waals surface area (Å²) >= 11 is 0. The van der Waals surface area contributed by atoms with Crippen LogP contribution in [0, 0.1) is 5.92 Å². The lowest BCUT2D eigenvalue weighted by molar-refractivity contribution is 0.180. The molecule has 0 aromatic heterocycles. The molecule has 1 rings (SSSR count). The number of piperidine rings is 1. The summed E-state index contributed by atoms with van der Waals surface area (Å²) in [6.45, 7) is 3.49. The van der Waals surface area contributed by atoms with Crippen LogP contribution in [0.2, 0.25) is 0 Å². The monoisotopic (exact) mass is 142 g/mol. The molecule has 60 valence electrons. The Balaban J connectivity index is 2.26. The molecule has 0 radical (unpaired) electrons. The molecule has 0 bridgehead atoms. The molecule has 2 atom stereocenters. The molecule has 1 heterocycles. The molecule has 2 heteroatoms. The van der Waals surface area contributed by atoms with Gasteiger partial charge in [0.05, 0.1) is 6.17 Å². The van der Waals surface area contributed by atoms with E-state index in [1.807, 2.05) is 0 Å². The van der Waals surface area contributed by atoms with Crippen LogP contribution in [0.1, 0.15) is 19.8 Å². The van der Waals surface area contributed by atoms with Crippen LogP contribution in [0.4, 0.5) is 0 Å². The van der Waals surface area contributed by atoms with Gasteiger partial charge < -0.3 is 5.32 Å². The standard InChI is InChI=1S/C8H18N2/c1-7-4-5-8(9-6-7)10(2)3/h7-9H,4-6H2,1-3H3. The summed E-state index contributed by atoms with van der Waals surface area (Å²) in [4.78, 5) is 2.26. The summed E-state index contributed by atoms with van der Waals surface area (Å²) in [5.74, 6) is 0.871. The van der Waals surface area contributed by atoms with Crippen molar-refractivity contribution in [3.63, 3.8) is 0 Å². The lowest BCUT2D eigenvalue weighted by Gasteiger charge is -2.32. The van der Waals surface area contributed by atoms with E-state index < -0.39 is 0 Å². The van der Waals surface area contributed by atoms with Crippen molar-refractivity contribution in [1.29, 1.82) is 0 Å². The first kappa shape index (κ1) is 8.02. The van der Waals surface area contributed by atoms with E-state index in [9.17, 15) is 0 Å². The van der Waals surface area contributed by atoms with E-state index in [0.717, 1.165) is 5.92 Å². The second-order valence-corrected chi connectivity index (χ2v) is 3.57. The van der Waals surface area contributed by atoms with Crippen LogP contribution < -0.4 is 5.32 Å². The third-order valence-corrected chi connectivity index (χ3v) is 2.26. The minimum Gasteiger partial charge on any atom is -0.301 e. The average Bonchev–Trinajstić information content (AvgIpc) is 1.88. The predicted octanol–water partition coefficient (Wildman–Crippen LogP) is 0.894. The van der Waals surface area contributed by atoms with Gasteiger partial charge in [0.1, 0.15) is 0 Å². The molecule has 0 saturated carbocycles. The lowest BCUT2D eigenvalue weighted by Crippen LogP contribution is -2.46. The number of rotatable bonds is 1. The molecule has 1 saturated heterocycles. The Kier molecular flexibility index (Phi) is 2.69. The zero-order chi connectivity index (χ0) is 7.56. The van der Waals surface area contributed by atoms with Gasteiger partial charge in [0.2, 0.25) is 0 Å². The van der Waals surface area contributed by atoms with Gasteiger partial charge in [0.15, 0.2) is 0 Å². The van der Waals surface area contributed by atoms with Gasteiger partial charge in [-0.2, -0.15) is 0 Å². The molecule has 1 fully saturated rings. The van der Waals surface area contributed by atoms with E-state index in [4.69, 9.17) is 0 Å². The van der Waals surface area contributed by atoms with E-state index in [2.05, 4.69) is 31.2 Å². The van der Waals surface area contributed by atoms with Crippen molar-refractivity contribution < 1.29 is 0 Å². The summed E-state index contributed by atoms with van der Waals surface area (Å²) in [6, 6.07) is 0. The molecule has 1 aliphatic heterocycles. The minimum absolute atomic E-state index is 0.621. The van der Waals surface area contributed by atoms with Gasteiger partial charge in [-0.05, 0) is 39.4 Å². The van der Waals surface area contributed by atoms with Crippen LogP contribution in [0.25, 0.3) is 0 Å². The van der Waals surface area contributed by atoms with E-state index in [-0.39, 0.29) is 0 Å². The summed E-state index contributed by atoms with van der Waals surface area (Å²) < 4.78 is 0. The van der Waals surface area contributed by atoms with Gasteiger partial charge in [0.25, 0.3) is 0 Å². The summed E-state index contributed by atoms with van der Waals surface area (Å²) in [5, 5.41) is 3.49. The minimum atomic E-state index is 0.621. The van der Waals surface area contributed by atoms with Gasteiger partial charge in [-0.1, -0.05) is 6.92 Å². The normalized spacial score (nSPS) is 34.8. The molecule has 2 unspecified atom stereocenters. The Morgan fingerprint density at radius 3 is 2.40 bits per heavy atom. The first-order valence-corrected chi connectivity index (χ1v) is 4.10. The Hall–Kier alpha value is -0.0800. The first-order valence-electron chi connectivity index (χ1n) is 4.10. The number of hydrogen-bond acceptors (Lipinski definition) is 2. The van der Waals surface area contributed by atoms with Crippen molar-refractivity contribution >= 4 is 0 Å². The first-order chi connectivity index (χ1) is 4.70. The van der Waals surface area contributed by atoms with Crippen molar-refractivity contribution in [2.75, 3.05) is 20.6 Å². The third kappa shape index (κ3) is 1.96. The quantitative estimate of drug-likeness (QED) is 0.585. The smallest absolute Gasteiger partial charge is 0.0592 e. The number of nitrogens with one attached hydrogen (secondary N) is 1. The Morgan fingerprint density at radius 2 is 2.00 bits per heavy atom. The molecule has 0 aromatic rings. The van der Waals surface area contributed by atoms with Gasteiger partial charge in [-0.3, -0.25) is 4.90 Å². The highest BCUT2D eigenvalue weighted by Crippen LogP contribution is 2.13. The Morgan fingerprint density at radius 1 is 1.30 bits per heavy atom. The van der Waals surface area contributed by atoms with Crippen LogP contribution in [0.15, 0.2) is 0 Å². The Labute approximate surface area is 63.6 Å². The van der Waals surface area contributed by atoms with Crippen LogP contribution in [-0.4, -0.2) is 31.7 Å². The van der Waals surface area contributed by atoms with E-state index in [0.29, 0.717) is 6.17 Å². The topological polar surface area (TPSA) is 15.3 Å². The number of hydrogen-bond donors (Lipinski definition) is 1. The molecule has 2 nitrogen and oxygen atoms in total. The maximum atomic E-state index is 3.49. The fourth-order valence-corrected chi connectivity index (χ4v) is 1.42. The largest absolute Gasteiger partial charge is 0.301 e. The van der Waals surface area contributed by atoms with E-state index >= 15 is 0 Å². The van der Waals surface area contributed by atoms with Gasteiger partial charge in [-0.25, -0.2) is 0 Å². The van der Waals surface area contributed by atoms with Gasteiger partial charge in [-0.15, -0.1) is 0 Å². The maximum absolute atomic E-state index is 3.49. The predicted molar refractivity (Wildman–Crippen MR) is 43.9 cm³/mol. The van der Waals surface area contributed by atoms with Crippen molar-refractivity contribution in [3.8, 4) is 0 Å². The van der Waals surface area contributed by atoms with Crippen LogP contribution in [0.3, 0.4) is 0 Å². The second kappa shape index (κ2) is 3.35. The fourth-order valence-electron chi connectivity index (χ4n) is 1.42. The highest BCUT2D eigenvalue weighted by molar-refractivity contribution is 4.73. The molecule has 0 spiro atoms. The van der Waals surface area contributed by atoms with Crippen molar-refractivity contribution in [3.05, 3.63) is 0 Å². The number of nitrogens with zero attached hydrogens (tertiary/aromatic N) is 1. The molecule has 0 aromatic carbocycles. The molecular weight excluding hydrogens is 124 g/mol. The van der Waals surface area contributed by atoms with Crippen molar-refractivity contribution in [2.45, 2.75) is 25.9 Å². The van der Waals surface area contributed by atoms with Crippen LogP contribution in [-0.2, 0) is 0 Å². The van der Waals surface area contributed by atoms with E-state index in [1.165, 1.54) is 19.4 Å². The second-order valence-electron chi connectivity index (χ2n) is 3.57. The molecule has 0 amide bonds. The molecular formula is C8H18N2. The molecule has 1 aliphatic rings. The highest BCUT2D eigenvalue weighted by atomic mass is 15.2. The van der Waals surface area contributed by atoms with Crippen LogP contribution >= 0.6 is 0 Å². The zero-order valence-corrected chi connectivity index (χ0v) is 7.22. The molecule has 1 N–H and O–H groups in total. The summed E-state index contributed by atoms with van der Waals surface area (Å²) in [7, 11) is 4.27. The molecule has 10 heavy (non-hydrogen) atoms. The van der Waals surface area contributed by atoms with E-state index in [1.54, 1.807) is 0 Å². The van der Waals surface area contributed by atoms with Crippen LogP contribution in [0.5, 0.6) is 0 Å². The maximum Gasteiger partial charge on any atom is 0.0592 e. The fraction of sp³-hybridized carbons (Fsp3) is 1.00. The van der Waals surface area contributed by atoms with Crippen molar-refractivity contribution in [1.82, 2.24) is 10.2 Å². The van der Waals surface area contributed by atoms with Crippen molar-refractivity contribution in [2.24, 2.45) is 5.92 Å². The lowest BCUT2D eigenvalue weighted by atomic mass is 10.00. The average molecular weight is 142 g/mol.